The Morgan fingerprint density at radius 2 is 1.95 bits per heavy atom. The van der Waals surface area contributed by atoms with Crippen LogP contribution in [0.15, 0.2) is 30.6 Å². The van der Waals surface area contributed by atoms with Crippen molar-refractivity contribution in [3.63, 3.8) is 0 Å². The van der Waals surface area contributed by atoms with Gasteiger partial charge in [-0.1, -0.05) is 0 Å². The Morgan fingerprint density at radius 3 is 2.65 bits per heavy atom. The molecule has 0 atom stereocenters. The molecule has 7 heteroatoms. The maximum Gasteiger partial charge on any atom is 0.248 e. The van der Waals surface area contributed by atoms with Gasteiger partial charge in [0.2, 0.25) is 5.91 Å². The molecule has 7 nitrogen and oxygen atoms in total. The van der Waals surface area contributed by atoms with Crippen LogP contribution in [0.5, 0.6) is 0 Å². The number of aryl methyl sites for hydroxylation is 1. The van der Waals surface area contributed by atoms with Gasteiger partial charge in [-0.05, 0) is 31.2 Å². The zero-order valence-corrected chi connectivity index (χ0v) is 10.7. The predicted molar refractivity (Wildman–Crippen MR) is 74.7 cm³/mol. The number of anilines is 2. The molecule has 4 N–H and O–H groups in total. The SMILES string of the molecule is Cc1[nH]nc2c(Nc3ccc(C(N)=O)cc3)ncnc12. The highest BCUT2D eigenvalue weighted by molar-refractivity contribution is 5.93. The second kappa shape index (κ2) is 4.61. The van der Waals surface area contributed by atoms with Gasteiger partial charge in [0.05, 0.1) is 5.69 Å². The Labute approximate surface area is 114 Å². The van der Waals surface area contributed by atoms with Crippen molar-refractivity contribution in [1.82, 2.24) is 20.2 Å². The number of aromatic amines is 1. The summed E-state index contributed by atoms with van der Waals surface area (Å²) in [5, 5.41) is 10.2. The van der Waals surface area contributed by atoms with Crippen molar-refractivity contribution in [3.05, 3.63) is 41.9 Å². The second-order valence-corrected chi connectivity index (χ2v) is 4.33. The van der Waals surface area contributed by atoms with Crippen molar-refractivity contribution in [1.29, 1.82) is 0 Å². The minimum absolute atomic E-state index is 0.455. The lowest BCUT2D eigenvalue weighted by Gasteiger charge is -2.06. The maximum absolute atomic E-state index is 11.0. The first kappa shape index (κ1) is 12.1. The summed E-state index contributed by atoms with van der Waals surface area (Å²) in [5.41, 5.74) is 8.77. The Hall–Kier alpha value is -2.96. The molecule has 3 rings (SSSR count). The van der Waals surface area contributed by atoms with Crippen LogP contribution in [-0.2, 0) is 0 Å². The van der Waals surface area contributed by atoms with Crippen molar-refractivity contribution in [2.45, 2.75) is 6.92 Å². The topological polar surface area (TPSA) is 110 Å². The fourth-order valence-corrected chi connectivity index (χ4v) is 1.90. The van der Waals surface area contributed by atoms with Crippen LogP contribution in [0.4, 0.5) is 11.5 Å². The third-order valence-electron chi connectivity index (χ3n) is 2.95. The third-order valence-corrected chi connectivity index (χ3v) is 2.95. The van der Waals surface area contributed by atoms with E-state index in [1.165, 1.54) is 6.33 Å². The number of fused-ring (bicyclic) bond motifs is 1. The maximum atomic E-state index is 11.0. The first-order valence-corrected chi connectivity index (χ1v) is 5.97. The molecule has 2 heterocycles. The lowest BCUT2D eigenvalue weighted by molar-refractivity contribution is 0.100. The Kier molecular flexibility index (Phi) is 2.79. The number of nitrogens with one attached hydrogen (secondary N) is 2. The van der Waals surface area contributed by atoms with Crippen molar-refractivity contribution < 1.29 is 4.79 Å². The van der Waals surface area contributed by atoms with E-state index < -0.39 is 5.91 Å². The zero-order chi connectivity index (χ0) is 14.1. The fourth-order valence-electron chi connectivity index (χ4n) is 1.90. The smallest absolute Gasteiger partial charge is 0.248 e. The van der Waals surface area contributed by atoms with Crippen molar-refractivity contribution in [2.75, 3.05) is 5.32 Å². The van der Waals surface area contributed by atoms with Crippen molar-refractivity contribution in [3.8, 4) is 0 Å². The monoisotopic (exact) mass is 268 g/mol. The molecule has 3 aromatic rings. The van der Waals surface area contributed by atoms with Crippen LogP contribution in [0.1, 0.15) is 16.1 Å². The highest BCUT2D eigenvalue weighted by atomic mass is 16.1. The average molecular weight is 268 g/mol. The Bertz CT molecular complexity index is 777. The fraction of sp³-hybridized carbons (Fsp3) is 0.0769. The molecule has 0 saturated carbocycles. The average Bonchev–Trinajstić information content (AvgIpc) is 2.82. The second-order valence-electron chi connectivity index (χ2n) is 4.33. The molecule has 0 spiro atoms. The van der Waals surface area contributed by atoms with E-state index in [4.69, 9.17) is 5.73 Å². The van der Waals surface area contributed by atoms with Crippen LogP contribution in [0.2, 0.25) is 0 Å². The van der Waals surface area contributed by atoms with E-state index >= 15 is 0 Å². The van der Waals surface area contributed by atoms with Gasteiger partial charge in [0, 0.05) is 11.3 Å². The first-order valence-electron chi connectivity index (χ1n) is 5.97. The molecule has 2 aromatic heterocycles. The van der Waals surface area contributed by atoms with Crippen molar-refractivity contribution in [2.24, 2.45) is 5.73 Å². The van der Waals surface area contributed by atoms with Gasteiger partial charge in [-0.25, -0.2) is 9.97 Å². The molecule has 0 fully saturated rings. The normalized spacial score (nSPS) is 10.7. The van der Waals surface area contributed by atoms with Crippen LogP contribution < -0.4 is 11.1 Å². The van der Waals surface area contributed by atoms with E-state index in [0.29, 0.717) is 16.9 Å². The van der Waals surface area contributed by atoms with Crippen LogP contribution in [0, 0.1) is 6.92 Å². The molecule has 0 saturated heterocycles. The van der Waals surface area contributed by atoms with E-state index in [1.807, 2.05) is 6.92 Å². The van der Waals surface area contributed by atoms with Gasteiger partial charge in [0.1, 0.15) is 11.8 Å². The summed E-state index contributed by atoms with van der Waals surface area (Å²) >= 11 is 0. The number of nitrogens with zero attached hydrogens (tertiary/aromatic N) is 3. The van der Waals surface area contributed by atoms with Crippen LogP contribution in [0.3, 0.4) is 0 Å². The summed E-state index contributed by atoms with van der Waals surface area (Å²) in [6, 6.07) is 6.82. The summed E-state index contributed by atoms with van der Waals surface area (Å²) < 4.78 is 0. The molecule has 0 bridgehead atoms. The lowest BCUT2D eigenvalue weighted by Crippen LogP contribution is -2.10. The minimum atomic E-state index is -0.455. The number of aromatic nitrogens is 4. The predicted octanol–water partition coefficient (Wildman–Crippen LogP) is 1.50. The number of carbonyl (C=O) groups excluding carboxylic acids is 1. The van der Waals surface area contributed by atoms with Crippen LogP contribution in [-0.4, -0.2) is 26.1 Å². The summed E-state index contributed by atoms with van der Waals surface area (Å²) in [6.45, 7) is 1.90. The number of carbonyl (C=O) groups is 1. The number of hydrogen-bond acceptors (Lipinski definition) is 5. The molecule has 1 aromatic carbocycles. The van der Waals surface area contributed by atoms with E-state index in [9.17, 15) is 4.79 Å². The minimum Gasteiger partial charge on any atom is -0.366 e. The van der Waals surface area contributed by atoms with Crippen LogP contribution >= 0.6 is 0 Å². The first-order chi connectivity index (χ1) is 9.65. The number of amides is 1. The standard InChI is InChI=1S/C13H12N6O/c1-7-10-11(19-18-7)13(16-6-15-10)17-9-4-2-8(3-5-9)12(14)20/h2-6H,1H3,(H2,14,20)(H,18,19)(H,15,16,17). The largest absolute Gasteiger partial charge is 0.366 e. The summed E-state index contributed by atoms with van der Waals surface area (Å²) in [4.78, 5) is 19.4. The van der Waals surface area contributed by atoms with Crippen LogP contribution in [0.25, 0.3) is 11.0 Å². The van der Waals surface area contributed by atoms with E-state index in [0.717, 1.165) is 16.9 Å². The number of hydrogen-bond donors (Lipinski definition) is 3. The third kappa shape index (κ3) is 2.05. The molecule has 0 aliphatic carbocycles. The molecule has 0 unspecified atom stereocenters. The Balaban J connectivity index is 1.95. The highest BCUT2D eigenvalue weighted by Gasteiger charge is 2.09. The van der Waals surface area contributed by atoms with E-state index in [-0.39, 0.29) is 0 Å². The van der Waals surface area contributed by atoms with E-state index in [2.05, 4.69) is 25.5 Å². The molecule has 0 radical (unpaired) electrons. The van der Waals surface area contributed by atoms with Gasteiger partial charge in [-0.2, -0.15) is 5.10 Å². The van der Waals surface area contributed by atoms with Gasteiger partial charge in [0.25, 0.3) is 0 Å². The molecule has 0 aliphatic rings. The van der Waals surface area contributed by atoms with Crippen molar-refractivity contribution >= 4 is 28.4 Å². The molecule has 20 heavy (non-hydrogen) atoms. The van der Waals surface area contributed by atoms with Gasteiger partial charge in [0.15, 0.2) is 11.3 Å². The molecule has 0 aliphatic heterocycles. The Morgan fingerprint density at radius 1 is 1.20 bits per heavy atom. The molecule has 100 valence electrons. The number of rotatable bonds is 3. The van der Waals surface area contributed by atoms with E-state index in [1.54, 1.807) is 24.3 Å². The number of primary amides is 1. The molecule has 1 amide bonds. The zero-order valence-electron chi connectivity index (χ0n) is 10.7. The quantitative estimate of drug-likeness (QED) is 0.667. The number of benzene rings is 1. The lowest BCUT2D eigenvalue weighted by atomic mass is 10.2. The molecular formula is C13H12N6O. The summed E-state index contributed by atoms with van der Waals surface area (Å²) in [6.07, 6.45) is 1.48. The van der Waals surface area contributed by atoms with Gasteiger partial charge in [-0.3, -0.25) is 9.89 Å². The van der Waals surface area contributed by atoms with Gasteiger partial charge < -0.3 is 11.1 Å². The summed E-state index contributed by atoms with van der Waals surface area (Å²) in [7, 11) is 0. The van der Waals surface area contributed by atoms with Gasteiger partial charge >= 0.3 is 0 Å². The summed E-state index contributed by atoms with van der Waals surface area (Å²) in [5.74, 6) is 0.148. The number of H-pyrrole nitrogens is 1. The number of nitrogens with two attached hydrogens (primary N) is 1. The highest BCUT2D eigenvalue weighted by Crippen LogP contribution is 2.22. The molecular weight excluding hydrogens is 256 g/mol. The van der Waals surface area contributed by atoms with Gasteiger partial charge in [-0.15, -0.1) is 0 Å².